The van der Waals surface area contributed by atoms with Crippen molar-refractivity contribution in [3.63, 3.8) is 0 Å². The summed E-state index contributed by atoms with van der Waals surface area (Å²) in [4.78, 5) is 16.2. The van der Waals surface area contributed by atoms with Crippen LogP contribution >= 0.6 is 0 Å². The van der Waals surface area contributed by atoms with Crippen LogP contribution in [0.2, 0.25) is 0 Å². The fourth-order valence-electron chi connectivity index (χ4n) is 5.03. The maximum Gasteiger partial charge on any atom is 0.248 e. The topological polar surface area (TPSA) is 103 Å². The summed E-state index contributed by atoms with van der Waals surface area (Å²) in [5.74, 6) is -0.496. The van der Waals surface area contributed by atoms with Crippen molar-refractivity contribution in [1.29, 1.82) is 0 Å². The molecule has 4 aromatic rings. The Labute approximate surface area is 202 Å². The van der Waals surface area contributed by atoms with Crippen LogP contribution in [0.5, 0.6) is 5.75 Å². The Hall–Kier alpha value is -3.78. The second-order valence-corrected chi connectivity index (χ2v) is 9.23. The molecule has 7 nitrogen and oxygen atoms in total. The van der Waals surface area contributed by atoms with Gasteiger partial charge in [-0.1, -0.05) is 6.07 Å². The molecular formula is C27H27FN4O3. The molecule has 1 saturated carbocycles. The number of primary amides is 1. The number of amides is 1. The van der Waals surface area contributed by atoms with E-state index in [2.05, 4.69) is 4.98 Å². The van der Waals surface area contributed by atoms with Gasteiger partial charge in [0, 0.05) is 40.9 Å². The highest BCUT2D eigenvalue weighted by atomic mass is 19.1. The minimum absolute atomic E-state index is 0.0666. The first kappa shape index (κ1) is 23.0. The van der Waals surface area contributed by atoms with E-state index in [0.717, 1.165) is 40.7 Å². The number of aliphatic hydroxyl groups is 1. The molecule has 3 N–H and O–H groups in total. The molecule has 0 spiro atoms. The number of carbonyl (C=O) groups excluding carboxylic acids is 1. The molecule has 0 aliphatic heterocycles. The monoisotopic (exact) mass is 474 g/mol. The Morgan fingerprint density at radius 3 is 2.86 bits per heavy atom. The van der Waals surface area contributed by atoms with Crippen molar-refractivity contribution in [3.05, 3.63) is 77.9 Å². The lowest BCUT2D eigenvalue weighted by atomic mass is 9.82. The highest BCUT2D eigenvalue weighted by molar-refractivity contribution is 6.01. The normalized spacial score (nSPS) is 20.1. The van der Waals surface area contributed by atoms with Crippen molar-refractivity contribution >= 4 is 16.8 Å². The second kappa shape index (κ2) is 9.11. The third-order valence-corrected chi connectivity index (χ3v) is 6.70. The molecule has 0 radical (unpaired) electrons. The molecule has 5 rings (SSSR count). The number of aromatic nitrogens is 3. The summed E-state index contributed by atoms with van der Waals surface area (Å²) in [5.41, 5.74) is 8.47. The average Bonchev–Trinajstić information content (AvgIpc) is 3.23. The zero-order valence-electron chi connectivity index (χ0n) is 19.4. The van der Waals surface area contributed by atoms with Gasteiger partial charge in [-0.05, 0) is 68.7 Å². The van der Waals surface area contributed by atoms with Crippen LogP contribution in [0.15, 0.2) is 60.8 Å². The van der Waals surface area contributed by atoms with Crippen molar-refractivity contribution < 1.29 is 19.0 Å². The maximum absolute atomic E-state index is 13.8. The number of fused-ring (bicyclic) bond motifs is 1. The van der Waals surface area contributed by atoms with Gasteiger partial charge in [-0.2, -0.15) is 5.10 Å². The Kier molecular flexibility index (Phi) is 5.98. The molecule has 1 aliphatic carbocycles. The number of carbonyl (C=O) groups is 1. The third kappa shape index (κ3) is 4.49. The maximum atomic E-state index is 13.8. The smallest absolute Gasteiger partial charge is 0.248 e. The van der Waals surface area contributed by atoms with Gasteiger partial charge in [0.05, 0.1) is 18.2 Å². The summed E-state index contributed by atoms with van der Waals surface area (Å²) in [7, 11) is 0. The molecule has 35 heavy (non-hydrogen) atoms. The fourth-order valence-corrected chi connectivity index (χ4v) is 5.03. The van der Waals surface area contributed by atoms with E-state index in [-0.39, 0.29) is 18.5 Å². The van der Waals surface area contributed by atoms with Crippen LogP contribution in [0.25, 0.3) is 22.2 Å². The van der Waals surface area contributed by atoms with E-state index < -0.39 is 11.5 Å². The molecule has 0 bridgehead atoms. The minimum Gasteiger partial charge on any atom is -0.485 e. The first-order valence-electron chi connectivity index (χ1n) is 11.7. The lowest BCUT2D eigenvalue weighted by Gasteiger charge is -2.40. The minimum atomic E-state index is -0.852. The summed E-state index contributed by atoms with van der Waals surface area (Å²) in [5, 5.41) is 16.2. The highest BCUT2D eigenvalue weighted by Gasteiger charge is 2.40. The summed E-state index contributed by atoms with van der Waals surface area (Å²) in [6, 6.07) is 15.1. The van der Waals surface area contributed by atoms with Gasteiger partial charge in [-0.3, -0.25) is 14.5 Å². The van der Waals surface area contributed by atoms with Gasteiger partial charge in [-0.25, -0.2) is 4.39 Å². The molecule has 2 heterocycles. The van der Waals surface area contributed by atoms with E-state index in [0.29, 0.717) is 24.2 Å². The average molecular weight is 475 g/mol. The number of ether oxygens (including phenoxy) is 1. The van der Waals surface area contributed by atoms with Crippen LogP contribution < -0.4 is 10.5 Å². The number of aliphatic hydroxyl groups excluding tert-OH is 1. The first-order chi connectivity index (χ1) is 16.9. The molecule has 1 fully saturated rings. The van der Waals surface area contributed by atoms with E-state index in [9.17, 15) is 14.3 Å². The molecule has 2 aromatic heterocycles. The van der Waals surface area contributed by atoms with Crippen molar-refractivity contribution in [3.8, 4) is 17.0 Å². The molecular weight excluding hydrogens is 447 g/mol. The Morgan fingerprint density at radius 1 is 1.26 bits per heavy atom. The van der Waals surface area contributed by atoms with Gasteiger partial charge in [-0.15, -0.1) is 0 Å². The van der Waals surface area contributed by atoms with Gasteiger partial charge in [0.15, 0.2) is 0 Å². The predicted molar refractivity (Wildman–Crippen MR) is 131 cm³/mol. The number of aryl methyl sites for hydroxylation is 1. The highest BCUT2D eigenvalue weighted by Crippen LogP contribution is 2.41. The summed E-state index contributed by atoms with van der Waals surface area (Å²) >= 11 is 0. The number of nitrogens with two attached hydrogens (primary N) is 1. The summed E-state index contributed by atoms with van der Waals surface area (Å²) < 4.78 is 21.9. The van der Waals surface area contributed by atoms with Crippen LogP contribution in [0.4, 0.5) is 4.39 Å². The number of benzene rings is 2. The lowest BCUT2D eigenvalue weighted by Crippen LogP contribution is -2.45. The van der Waals surface area contributed by atoms with E-state index >= 15 is 0 Å². The molecule has 1 aliphatic rings. The fraction of sp³-hybridized carbons (Fsp3) is 0.296. The molecule has 1 amide bonds. The Morgan fingerprint density at radius 2 is 2.11 bits per heavy atom. The van der Waals surface area contributed by atoms with Gasteiger partial charge >= 0.3 is 0 Å². The zero-order chi connectivity index (χ0) is 24.6. The van der Waals surface area contributed by atoms with Crippen LogP contribution in [0.1, 0.15) is 47.8 Å². The van der Waals surface area contributed by atoms with Gasteiger partial charge < -0.3 is 15.6 Å². The molecule has 2 aromatic carbocycles. The van der Waals surface area contributed by atoms with Gasteiger partial charge in [0.2, 0.25) is 5.91 Å². The van der Waals surface area contributed by atoms with Gasteiger partial charge in [0.25, 0.3) is 0 Å². The number of pyridine rings is 1. The molecule has 180 valence electrons. The van der Waals surface area contributed by atoms with E-state index in [1.807, 2.05) is 29.8 Å². The van der Waals surface area contributed by atoms with Crippen molar-refractivity contribution in [2.45, 2.75) is 44.2 Å². The number of hydrogen-bond acceptors (Lipinski definition) is 5. The quantitative estimate of drug-likeness (QED) is 0.426. The first-order valence-corrected chi connectivity index (χ1v) is 11.7. The van der Waals surface area contributed by atoms with Crippen molar-refractivity contribution in [1.82, 2.24) is 14.8 Å². The zero-order valence-corrected chi connectivity index (χ0v) is 19.4. The predicted octanol–water partition coefficient (Wildman–Crippen LogP) is 4.57. The Balaban J connectivity index is 1.57. The van der Waals surface area contributed by atoms with Crippen LogP contribution in [-0.2, 0) is 0 Å². The van der Waals surface area contributed by atoms with Crippen molar-refractivity contribution in [2.24, 2.45) is 5.73 Å². The second-order valence-electron chi connectivity index (χ2n) is 9.23. The SMILES string of the molecule is Cc1cc(-c2nn(C3CCCC(CO)(Oc4cccc(F)c4)C3)c3ccc(C(N)=O)cc23)ccn1. The molecule has 2 atom stereocenters. The number of halogens is 1. The van der Waals surface area contributed by atoms with E-state index in [1.54, 1.807) is 30.5 Å². The van der Waals surface area contributed by atoms with Crippen LogP contribution in [-0.4, -0.2) is 38.0 Å². The molecule has 2 unspecified atom stereocenters. The van der Waals surface area contributed by atoms with Gasteiger partial charge in [0.1, 0.15) is 22.9 Å². The number of hydrogen-bond donors (Lipinski definition) is 2. The Bertz CT molecular complexity index is 1400. The summed E-state index contributed by atoms with van der Waals surface area (Å²) in [6.07, 6.45) is 4.54. The third-order valence-electron chi connectivity index (χ3n) is 6.70. The van der Waals surface area contributed by atoms with Crippen LogP contribution in [0.3, 0.4) is 0 Å². The van der Waals surface area contributed by atoms with Crippen LogP contribution in [0, 0.1) is 12.7 Å². The largest absolute Gasteiger partial charge is 0.485 e. The summed E-state index contributed by atoms with van der Waals surface area (Å²) in [6.45, 7) is 1.72. The standard InChI is InChI=1S/C27H27FN4O3/c1-17-12-18(9-11-30-17)25-23-13-19(26(29)34)7-8-24(23)32(31-25)21-5-3-10-27(15-21,16-33)35-22-6-2-4-20(28)14-22/h2,4,6-9,11-14,21,33H,3,5,10,15-16H2,1H3,(H2,29,34). The number of rotatable bonds is 6. The molecule has 8 heteroatoms. The lowest BCUT2D eigenvalue weighted by molar-refractivity contribution is -0.0347. The van der Waals surface area contributed by atoms with Crippen molar-refractivity contribution in [2.75, 3.05) is 6.61 Å². The van der Waals surface area contributed by atoms with E-state index in [4.69, 9.17) is 15.6 Å². The molecule has 0 saturated heterocycles. The van der Waals surface area contributed by atoms with E-state index in [1.165, 1.54) is 12.1 Å². The number of nitrogens with zero attached hydrogens (tertiary/aromatic N) is 3.